The van der Waals surface area contributed by atoms with Gasteiger partial charge in [0, 0.05) is 0 Å². The Kier molecular flexibility index (Phi) is 2.91. The lowest BCUT2D eigenvalue weighted by atomic mass is 10.0. The number of benzene rings is 2. The van der Waals surface area contributed by atoms with Gasteiger partial charge in [-0.25, -0.2) is 0 Å². The molecule has 0 unspecified atom stereocenters. The Morgan fingerprint density at radius 2 is 1.59 bits per heavy atom. The Morgan fingerprint density at radius 3 is 2.12 bits per heavy atom. The summed E-state index contributed by atoms with van der Waals surface area (Å²) in [6, 6.07) is 9.67. The smallest absolute Gasteiger partial charge is 0.127 e. The molecular formula is C14H14O3. The van der Waals surface area contributed by atoms with Gasteiger partial charge < -0.3 is 15.3 Å². The van der Waals surface area contributed by atoms with Gasteiger partial charge in [0.15, 0.2) is 0 Å². The van der Waals surface area contributed by atoms with E-state index < -0.39 is 0 Å². The molecule has 0 fully saturated rings. The molecule has 3 heteroatoms. The van der Waals surface area contributed by atoms with Crippen molar-refractivity contribution in [2.45, 2.75) is 13.3 Å². The van der Waals surface area contributed by atoms with Crippen molar-refractivity contribution in [2.75, 3.05) is 0 Å². The Labute approximate surface area is 99.6 Å². The summed E-state index contributed by atoms with van der Waals surface area (Å²) < 4.78 is 0. The van der Waals surface area contributed by atoms with Crippen LogP contribution < -0.4 is 0 Å². The van der Waals surface area contributed by atoms with Crippen molar-refractivity contribution >= 4 is 0 Å². The van der Waals surface area contributed by atoms with Crippen molar-refractivity contribution in [2.24, 2.45) is 0 Å². The van der Waals surface area contributed by atoms with E-state index in [1.807, 2.05) is 6.92 Å². The van der Waals surface area contributed by atoms with Gasteiger partial charge in [-0.3, -0.25) is 0 Å². The Bertz CT molecular complexity index is 524. The summed E-state index contributed by atoms with van der Waals surface area (Å²) in [6.07, 6.45) is 0.738. The first-order valence-corrected chi connectivity index (χ1v) is 5.46. The first kappa shape index (κ1) is 11.3. The molecule has 3 N–H and O–H groups in total. The number of hydrogen-bond donors (Lipinski definition) is 3. The number of hydrogen-bond acceptors (Lipinski definition) is 3. The second kappa shape index (κ2) is 4.37. The highest BCUT2D eigenvalue weighted by molar-refractivity contribution is 5.77. The van der Waals surface area contributed by atoms with Gasteiger partial charge in [0.1, 0.15) is 17.2 Å². The summed E-state index contributed by atoms with van der Waals surface area (Å²) in [5, 5.41) is 29.2. The standard InChI is InChI=1S/C14H14O3/c1-2-9-6-12(16)14(13(17)7-9)10-4-3-5-11(15)8-10/h3-8,15-17H,2H2,1H3. The van der Waals surface area contributed by atoms with E-state index in [-0.39, 0.29) is 17.2 Å². The molecular weight excluding hydrogens is 216 g/mol. The molecule has 0 radical (unpaired) electrons. The Hall–Kier alpha value is -2.16. The second-order valence-electron chi connectivity index (χ2n) is 3.91. The molecule has 3 nitrogen and oxygen atoms in total. The molecule has 0 heterocycles. The first-order chi connectivity index (χ1) is 8.11. The van der Waals surface area contributed by atoms with Crippen molar-refractivity contribution in [1.29, 1.82) is 0 Å². The van der Waals surface area contributed by atoms with Crippen LogP contribution in [-0.2, 0) is 6.42 Å². The topological polar surface area (TPSA) is 60.7 Å². The quantitative estimate of drug-likeness (QED) is 0.743. The summed E-state index contributed by atoms with van der Waals surface area (Å²) in [6.45, 7) is 1.95. The molecule has 0 spiro atoms. The van der Waals surface area contributed by atoms with Crippen LogP contribution in [0.25, 0.3) is 11.1 Å². The second-order valence-corrected chi connectivity index (χ2v) is 3.91. The molecule has 17 heavy (non-hydrogen) atoms. The number of phenolic OH excluding ortho intramolecular Hbond substituents is 3. The van der Waals surface area contributed by atoms with Gasteiger partial charge in [-0.1, -0.05) is 19.1 Å². The van der Waals surface area contributed by atoms with E-state index in [0.717, 1.165) is 12.0 Å². The fourth-order valence-corrected chi connectivity index (χ4v) is 1.83. The summed E-state index contributed by atoms with van der Waals surface area (Å²) in [4.78, 5) is 0. The maximum Gasteiger partial charge on any atom is 0.127 e. The van der Waals surface area contributed by atoms with Crippen molar-refractivity contribution in [3.8, 4) is 28.4 Å². The normalized spacial score (nSPS) is 10.4. The molecule has 0 atom stereocenters. The van der Waals surface area contributed by atoms with Crippen LogP contribution in [0.15, 0.2) is 36.4 Å². The van der Waals surface area contributed by atoms with E-state index in [1.54, 1.807) is 24.3 Å². The highest BCUT2D eigenvalue weighted by atomic mass is 16.3. The maximum atomic E-state index is 9.91. The number of aryl methyl sites for hydroxylation is 1. The van der Waals surface area contributed by atoms with Crippen LogP contribution >= 0.6 is 0 Å². The maximum absolute atomic E-state index is 9.91. The van der Waals surface area contributed by atoms with Gasteiger partial charge in [0.05, 0.1) is 5.56 Å². The van der Waals surface area contributed by atoms with Crippen LogP contribution in [0.3, 0.4) is 0 Å². The van der Waals surface area contributed by atoms with Gasteiger partial charge in [0.2, 0.25) is 0 Å². The lowest BCUT2D eigenvalue weighted by molar-refractivity contribution is 0.453. The van der Waals surface area contributed by atoms with Gasteiger partial charge in [-0.15, -0.1) is 0 Å². The van der Waals surface area contributed by atoms with Crippen LogP contribution in [0.1, 0.15) is 12.5 Å². The predicted octanol–water partition coefficient (Wildman–Crippen LogP) is 3.03. The third kappa shape index (κ3) is 2.18. The van der Waals surface area contributed by atoms with Gasteiger partial charge in [-0.2, -0.15) is 0 Å². The van der Waals surface area contributed by atoms with Crippen LogP contribution in [-0.4, -0.2) is 15.3 Å². The number of rotatable bonds is 2. The van der Waals surface area contributed by atoms with Crippen LogP contribution in [0.5, 0.6) is 17.2 Å². The van der Waals surface area contributed by atoms with E-state index >= 15 is 0 Å². The average Bonchev–Trinajstić information content (AvgIpc) is 2.28. The fourth-order valence-electron chi connectivity index (χ4n) is 1.83. The Balaban J connectivity index is 2.60. The first-order valence-electron chi connectivity index (χ1n) is 5.46. The molecule has 88 valence electrons. The zero-order chi connectivity index (χ0) is 12.4. The van der Waals surface area contributed by atoms with Crippen molar-refractivity contribution < 1.29 is 15.3 Å². The molecule has 0 aliphatic rings. The molecule has 0 amide bonds. The Morgan fingerprint density at radius 1 is 0.941 bits per heavy atom. The molecule has 0 aromatic heterocycles. The highest BCUT2D eigenvalue weighted by Gasteiger charge is 2.11. The van der Waals surface area contributed by atoms with E-state index in [4.69, 9.17) is 0 Å². The monoisotopic (exact) mass is 230 g/mol. The van der Waals surface area contributed by atoms with Crippen LogP contribution in [0.2, 0.25) is 0 Å². The summed E-state index contributed by atoms with van der Waals surface area (Å²) in [7, 11) is 0. The van der Waals surface area contributed by atoms with Gasteiger partial charge in [-0.05, 0) is 41.8 Å². The minimum atomic E-state index is 0.0208. The number of aromatic hydroxyl groups is 3. The van der Waals surface area contributed by atoms with Crippen LogP contribution in [0, 0.1) is 0 Å². The third-order valence-electron chi connectivity index (χ3n) is 2.70. The molecule has 0 saturated heterocycles. The highest BCUT2D eigenvalue weighted by Crippen LogP contribution is 2.39. The lowest BCUT2D eigenvalue weighted by Crippen LogP contribution is -1.85. The zero-order valence-electron chi connectivity index (χ0n) is 9.51. The van der Waals surface area contributed by atoms with Crippen LogP contribution in [0.4, 0.5) is 0 Å². The predicted molar refractivity (Wildman–Crippen MR) is 66.3 cm³/mol. The largest absolute Gasteiger partial charge is 0.508 e. The molecule has 0 aliphatic heterocycles. The SMILES string of the molecule is CCc1cc(O)c(-c2cccc(O)c2)c(O)c1. The van der Waals surface area contributed by atoms with Gasteiger partial charge >= 0.3 is 0 Å². The zero-order valence-corrected chi connectivity index (χ0v) is 9.51. The number of phenols is 3. The molecule has 2 rings (SSSR count). The van der Waals surface area contributed by atoms with Crippen molar-refractivity contribution in [3.05, 3.63) is 42.0 Å². The fraction of sp³-hybridized carbons (Fsp3) is 0.143. The summed E-state index contributed by atoms with van der Waals surface area (Å²) in [5.74, 6) is 0.140. The minimum absolute atomic E-state index is 0.0208. The summed E-state index contributed by atoms with van der Waals surface area (Å²) >= 11 is 0. The summed E-state index contributed by atoms with van der Waals surface area (Å²) in [5.41, 5.74) is 1.80. The van der Waals surface area contributed by atoms with E-state index in [2.05, 4.69) is 0 Å². The van der Waals surface area contributed by atoms with E-state index in [1.165, 1.54) is 12.1 Å². The molecule has 2 aromatic rings. The van der Waals surface area contributed by atoms with Gasteiger partial charge in [0.25, 0.3) is 0 Å². The van der Waals surface area contributed by atoms with E-state index in [9.17, 15) is 15.3 Å². The van der Waals surface area contributed by atoms with Crippen molar-refractivity contribution in [1.82, 2.24) is 0 Å². The lowest BCUT2D eigenvalue weighted by Gasteiger charge is -2.10. The van der Waals surface area contributed by atoms with E-state index in [0.29, 0.717) is 11.1 Å². The molecule has 0 aliphatic carbocycles. The molecule has 0 bridgehead atoms. The minimum Gasteiger partial charge on any atom is -0.508 e. The molecule has 2 aromatic carbocycles. The van der Waals surface area contributed by atoms with Crippen molar-refractivity contribution in [3.63, 3.8) is 0 Å². The molecule has 0 saturated carbocycles. The average molecular weight is 230 g/mol. The third-order valence-corrected chi connectivity index (χ3v) is 2.70.